The molecule has 2 aliphatic heterocycles. The smallest absolute Gasteiger partial charge is 0.306 e. The molecular formula is C15H28N2O2. The molecule has 0 aromatic heterocycles. The Kier molecular flexibility index (Phi) is 4.85. The van der Waals surface area contributed by atoms with Crippen LogP contribution in [0.2, 0.25) is 0 Å². The maximum atomic E-state index is 11.0. The van der Waals surface area contributed by atoms with Gasteiger partial charge in [-0.3, -0.25) is 9.69 Å². The lowest BCUT2D eigenvalue weighted by Crippen LogP contribution is -2.55. The highest BCUT2D eigenvalue weighted by Gasteiger charge is 2.38. The van der Waals surface area contributed by atoms with Crippen molar-refractivity contribution in [3.05, 3.63) is 0 Å². The van der Waals surface area contributed by atoms with Crippen LogP contribution < -0.4 is 0 Å². The molecule has 2 fully saturated rings. The van der Waals surface area contributed by atoms with Crippen LogP contribution in [0.1, 0.15) is 40.0 Å². The molecule has 0 aliphatic carbocycles. The highest BCUT2D eigenvalue weighted by atomic mass is 16.4. The minimum atomic E-state index is -0.642. The van der Waals surface area contributed by atoms with Crippen molar-refractivity contribution in [3.63, 3.8) is 0 Å². The van der Waals surface area contributed by atoms with Gasteiger partial charge in [0.25, 0.3) is 0 Å². The van der Waals surface area contributed by atoms with E-state index in [0.717, 1.165) is 13.1 Å². The molecule has 2 atom stereocenters. The van der Waals surface area contributed by atoms with Crippen molar-refractivity contribution in [2.24, 2.45) is 11.8 Å². The van der Waals surface area contributed by atoms with Gasteiger partial charge in [0.1, 0.15) is 0 Å². The zero-order valence-corrected chi connectivity index (χ0v) is 12.5. The molecular weight excluding hydrogens is 240 g/mol. The van der Waals surface area contributed by atoms with E-state index in [1.54, 1.807) is 0 Å². The fraction of sp³-hybridized carbons (Fsp3) is 0.933. The zero-order valence-electron chi connectivity index (χ0n) is 12.5. The third kappa shape index (κ3) is 3.48. The molecule has 2 rings (SSSR count). The number of carboxylic acid groups (broad SMARTS) is 1. The molecule has 0 bridgehead atoms. The molecule has 2 heterocycles. The van der Waals surface area contributed by atoms with Gasteiger partial charge in [0.2, 0.25) is 0 Å². The lowest BCUT2D eigenvalue weighted by Gasteiger charge is -2.46. The minimum Gasteiger partial charge on any atom is -0.481 e. The monoisotopic (exact) mass is 268 g/mol. The van der Waals surface area contributed by atoms with Gasteiger partial charge in [0, 0.05) is 25.2 Å². The molecule has 2 aliphatic rings. The van der Waals surface area contributed by atoms with E-state index in [1.165, 1.54) is 32.4 Å². The molecule has 0 saturated carbocycles. The molecule has 0 aromatic carbocycles. The number of hydrogen-bond acceptors (Lipinski definition) is 3. The molecule has 0 amide bonds. The first kappa shape index (κ1) is 14.8. The summed E-state index contributed by atoms with van der Waals surface area (Å²) >= 11 is 0. The second-order valence-electron chi connectivity index (χ2n) is 6.56. The molecule has 4 nitrogen and oxygen atoms in total. The number of carboxylic acids is 1. The fourth-order valence-electron chi connectivity index (χ4n) is 3.35. The van der Waals surface area contributed by atoms with E-state index in [-0.39, 0.29) is 5.92 Å². The van der Waals surface area contributed by atoms with Crippen LogP contribution in [-0.4, -0.2) is 59.1 Å². The highest BCUT2D eigenvalue weighted by Crippen LogP contribution is 2.29. The average Bonchev–Trinajstić information content (AvgIpc) is 2.52. The Morgan fingerprint density at radius 3 is 2.42 bits per heavy atom. The predicted octanol–water partition coefficient (Wildman–Crippen LogP) is 1.90. The largest absolute Gasteiger partial charge is 0.481 e. The lowest BCUT2D eigenvalue weighted by atomic mass is 9.85. The SMILES string of the molecule is CC(C(=O)O)C1CN(C2CCCN(C(C)C)CC2)C1. The van der Waals surface area contributed by atoms with E-state index in [4.69, 9.17) is 5.11 Å². The van der Waals surface area contributed by atoms with E-state index in [2.05, 4.69) is 23.6 Å². The van der Waals surface area contributed by atoms with Crippen LogP contribution in [0.5, 0.6) is 0 Å². The quantitative estimate of drug-likeness (QED) is 0.846. The first-order valence-electron chi connectivity index (χ1n) is 7.70. The molecule has 0 spiro atoms. The maximum Gasteiger partial charge on any atom is 0.306 e. The van der Waals surface area contributed by atoms with E-state index >= 15 is 0 Å². The number of carbonyl (C=O) groups is 1. The summed E-state index contributed by atoms with van der Waals surface area (Å²) < 4.78 is 0. The summed E-state index contributed by atoms with van der Waals surface area (Å²) in [5.74, 6) is -0.465. The van der Waals surface area contributed by atoms with Crippen molar-refractivity contribution >= 4 is 5.97 Å². The van der Waals surface area contributed by atoms with Gasteiger partial charge in [0.15, 0.2) is 0 Å². The van der Waals surface area contributed by atoms with Crippen molar-refractivity contribution in [2.45, 2.75) is 52.1 Å². The van der Waals surface area contributed by atoms with Crippen LogP contribution in [-0.2, 0) is 4.79 Å². The Morgan fingerprint density at radius 2 is 1.84 bits per heavy atom. The average molecular weight is 268 g/mol. The number of likely N-dealkylation sites (tertiary alicyclic amines) is 2. The Bertz CT molecular complexity index is 313. The second-order valence-corrected chi connectivity index (χ2v) is 6.56. The van der Waals surface area contributed by atoms with E-state index < -0.39 is 5.97 Å². The normalized spacial score (nSPS) is 28.9. The van der Waals surface area contributed by atoms with Gasteiger partial charge in [-0.15, -0.1) is 0 Å². The van der Waals surface area contributed by atoms with Crippen LogP contribution in [0.4, 0.5) is 0 Å². The van der Waals surface area contributed by atoms with Gasteiger partial charge < -0.3 is 10.0 Å². The van der Waals surface area contributed by atoms with Crippen molar-refractivity contribution in [2.75, 3.05) is 26.2 Å². The summed E-state index contributed by atoms with van der Waals surface area (Å²) in [6.07, 6.45) is 3.79. The van der Waals surface area contributed by atoms with Gasteiger partial charge in [-0.25, -0.2) is 0 Å². The minimum absolute atomic E-state index is 0.186. The number of rotatable bonds is 4. The molecule has 110 valence electrons. The van der Waals surface area contributed by atoms with Crippen LogP contribution in [0.15, 0.2) is 0 Å². The molecule has 0 radical (unpaired) electrons. The topological polar surface area (TPSA) is 43.8 Å². The summed E-state index contributed by atoms with van der Waals surface area (Å²) in [5, 5.41) is 9.03. The Balaban J connectivity index is 1.77. The van der Waals surface area contributed by atoms with Gasteiger partial charge in [-0.1, -0.05) is 6.92 Å². The van der Waals surface area contributed by atoms with Gasteiger partial charge >= 0.3 is 5.97 Å². The van der Waals surface area contributed by atoms with Crippen molar-refractivity contribution < 1.29 is 9.90 Å². The summed E-state index contributed by atoms with van der Waals surface area (Å²) in [7, 11) is 0. The molecule has 0 aromatic rings. The molecule has 4 heteroatoms. The van der Waals surface area contributed by atoms with Crippen molar-refractivity contribution in [1.29, 1.82) is 0 Å². The molecule has 19 heavy (non-hydrogen) atoms. The fourth-order valence-corrected chi connectivity index (χ4v) is 3.35. The van der Waals surface area contributed by atoms with Crippen LogP contribution in [0.25, 0.3) is 0 Å². The summed E-state index contributed by atoms with van der Waals surface area (Å²) in [4.78, 5) is 16.0. The van der Waals surface area contributed by atoms with Crippen molar-refractivity contribution in [3.8, 4) is 0 Å². The van der Waals surface area contributed by atoms with Gasteiger partial charge in [-0.2, -0.15) is 0 Å². The molecule has 2 saturated heterocycles. The van der Waals surface area contributed by atoms with E-state index in [9.17, 15) is 4.79 Å². The summed E-state index contributed by atoms with van der Waals surface area (Å²) in [6.45, 7) is 10.8. The summed E-state index contributed by atoms with van der Waals surface area (Å²) in [5.41, 5.74) is 0. The lowest BCUT2D eigenvalue weighted by molar-refractivity contribution is -0.146. The highest BCUT2D eigenvalue weighted by molar-refractivity contribution is 5.70. The van der Waals surface area contributed by atoms with E-state index in [1.807, 2.05) is 6.92 Å². The first-order chi connectivity index (χ1) is 8.99. The molecule has 1 N–H and O–H groups in total. The Hall–Kier alpha value is -0.610. The third-order valence-electron chi connectivity index (χ3n) is 5.01. The van der Waals surface area contributed by atoms with Crippen LogP contribution in [0.3, 0.4) is 0 Å². The number of hydrogen-bond donors (Lipinski definition) is 1. The van der Waals surface area contributed by atoms with Gasteiger partial charge in [-0.05, 0) is 52.1 Å². The Morgan fingerprint density at radius 1 is 1.16 bits per heavy atom. The summed E-state index contributed by atoms with van der Waals surface area (Å²) in [6, 6.07) is 1.33. The zero-order chi connectivity index (χ0) is 14.0. The van der Waals surface area contributed by atoms with E-state index in [0.29, 0.717) is 18.0 Å². The Labute approximate surface area is 116 Å². The second kappa shape index (κ2) is 6.23. The predicted molar refractivity (Wildman–Crippen MR) is 76.2 cm³/mol. The first-order valence-corrected chi connectivity index (χ1v) is 7.70. The van der Waals surface area contributed by atoms with Crippen molar-refractivity contribution in [1.82, 2.24) is 9.80 Å². The molecule has 2 unspecified atom stereocenters. The third-order valence-corrected chi connectivity index (χ3v) is 5.01. The number of aliphatic carboxylic acids is 1. The standard InChI is InChI=1S/C15H28N2O2/c1-11(2)16-7-4-5-14(6-8-16)17-9-13(10-17)12(3)15(18)19/h11-14H,4-10H2,1-3H3,(H,18,19). The van der Waals surface area contributed by atoms with Crippen LogP contribution in [0, 0.1) is 11.8 Å². The number of nitrogens with zero attached hydrogens (tertiary/aromatic N) is 2. The van der Waals surface area contributed by atoms with Crippen LogP contribution >= 0.6 is 0 Å². The maximum absolute atomic E-state index is 11.0. The van der Waals surface area contributed by atoms with Gasteiger partial charge in [0.05, 0.1) is 5.92 Å².